The van der Waals surface area contributed by atoms with Crippen molar-refractivity contribution in [3.63, 3.8) is 0 Å². The molecule has 1 N–H and O–H groups in total. The highest BCUT2D eigenvalue weighted by Crippen LogP contribution is 2.39. The van der Waals surface area contributed by atoms with E-state index in [1.807, 2.05) is 30.3 Å². The van der Waals surface area contributed by atoms with Gasteiger partial charge in [0, 0.05) is 51.5 Å². The number of ether oxygens (including phenoxy) is 2. The maximum Gasteiger partial charge on any atom is 0.229 e. The Labute approximate surface area is 208 Å². The second-order valence-corrected chi connectivity index (χ2v) is 9.57. The maximum absolute atomic E-state index is 12.9. The molecule has 2 aromatic rings. The Kier molecular flexibility index (Phi) is 7.13. The van der Waals surface area contributed by atoms with Gasteiger partial charge < -0.3 is 24.6 Å². The third kappa shape index (κ3) is 5.10. The molecule has 3 heterocycles. The summed E-state index contributed by atoms with van der Waals surface area (Å²) in [6, 6.07) is 16.6. The van der Waals surface area contributed by atoms with Gasteiger partial charge in [-0.2, -0.15) is 0 Å². The minimum atomic E-state index is -0.123. The Morgan fingerprint density at radius 2 is 1.77 bits per heavy atom. The van der Waals surface area contributed by atoms with Gasteiger partial charge >= 0.3 is 0 Å². The Morgan fingerprint density at radius 1 is 1.00 bits per heavy atom. The number of carbonyl (C=O) groups is 1. The summed E-state index contributed by atoms with van der Waals surface area (Å²) in [4.78, 5) is 20.0. The minimum Gasteiger partial charge on any atom is -0.486 e. The van der Waals surface area contributed by atoms with E-state index in [0.717, 1.165) is 67.6 Å². The number of nitrogens with zero attached hydrogens (tertiary/aromatic N) is 3. The smallest absolute Gasteiger partial charge is 0.229 e. The summed E-state index contributed by atoms with van der Waals surface area (Å²) in [5.41, 5.74) is 3.42. The van der Waals surface area contributed by atoms with E-state index in [9.17, 15) is 4.79 Å². The monoisotopic (exact) mass is 476 g/mol. The molecule has 2 atom stereocenters. The third-order valence-electron chi connectivity index (χ3n) is 7.43. The van der Waals surface area contributed by atoms with Crippen molar-refractivity contribution in [1.29, 1.82) is 0 Å². The van der Waals surface area contributed by atoms with E-state index in [1.54, 1.807) is 0 Å². The normalized spacial score (nSPS) is 22.2. The van der Waals surface area contributed by atoms with Gasteiger partial charge in [-0.25, -0.2) is 0 Å². The molecule has 35 heavy (non-hydrogen) atoms. The largest absolute Gasteiger partial charge is 0.486 e. The van der Waals surface area contributed by atoms with Crippen LogP contribution in [0.3, 0.4) is 0 Å². The molecule has 0 radical (unpaired) electrons. The number of fused-ring (bicyclic) bond motifs is 1. The Balaban J connectivity index is 1.06. The van der Waals surface area contributed by atoms with Crippen LogP contribution in [0.2, 0.25) is 0 Å². The van der Waals surface area contributed by atoms with E-state index in [1.165, 1.54) is 0 Å². The molecule has 3 aliphatic rings. The van der Waals surface area contributed by atoms with Gasteiger partial charge in [0.1, 0.15) is 13.2 Å². The zero-order chi connectivity index (χ0) is 24.2. The van der Waals surface area contributed by atoms with Crippen molar-refractivity contribution in [1.82, 2.24) is 15.1 Å². The highest BCUT2D eigenvalue weighted by atomic mass is 16.6. The summed E-state index contributed by atoms with van der Waals surface area (Å²) in [5, 5.41) is 3.18. The number of para-hydroxylation sites is 1. The molecule has 2 unspecified atom stereocenters. The van der Waals surface area contributed by atoms with Gasteiger partial charge in [-0.1, -0.05) is 36.4 Å². The number of benzene rings is 2. The number of hydrogen-bond donors (Lipinski definition) is 1. The molecule has 0 saturated carbocycles. The summed E-state index contributed by atoms with van der Waals surface area (Å²) >= 11 is 0. The topological polar surface area (TPSA) is 57.3 Å². The van der Waals surface area contributed by atoms with Crippen molar-refractivity contribution < 1.29 is 14.3 Å². The molecule has 186 valence electrons. The molecule has 7 nitrogen and oxygen atoms in total. The van der Waals surface area contributed by atoms with Crippen LogP contribution in [0.15, 0.2) is 54.6 Å². The van der Waals surface area contributed by atoms with Gasteiger partial charge in [0.15, 0.2) is 11.5 Å². The average molecular weight is 477 g/mol. The molecular weight excluding hydrogens is 440 g/mol. The van der Waals surface area contributed by atoms with E-state index >= 15 is 0 Å². The molecule has 5 rings (SSSR count). The molecule has 1 saturated heterocycles. The number of nitrogens with one attached hydrogen (secondary N) is 1. The fourth-order valence-electron chi connectivity index (χ4n) is 5.24. The zero-order valence-corrected chi connectivity index (χ0v) is 20.8. The van der Waals surface area contributed by atoms with Gasteiger partial charge in [-0.15, -0.1) is 0 Å². The van der Waals surface area contributed by atoms with Gasteiger partial charge in [0.25, 0.3) is 0 Å². The van der Waals surface area contributed by atoms with Crippen LogP contribution < -0.4 is 19.7 Å². The van der Waals surface area contributed by atoms with Crippen molar-refractivity contribution in [3.05, 3.63) is 60.2 Å². The lowest BCUT2D eigenvalue weighted by atomic mass is 10.0. The molecule has 3 aliphatic heterocycles. The second-order valence-electron chi connectivity index (χ2n) is 9.57. The predicted molar refractivity (Wildman–Crippen MR) is 139 cm³/mol. The van der Waals surface area contributed by atoms with Crippen LogP contribution in [-0.4, -0.2) is 81.3 Å². The number of carbonyl (C=O) groups excluding carboxylic acids is 1. The first kappa shape index (κ1) is 23.5. The van der Waals surface area contributed by atoms with E-state index < -0.39 is 0 Å². The first-order valence-corrected chi connectivity index (χ1v) is 12.8. The van der Waals surface area contributed by atoms with Crippen LogP contribution in [-0.2, 0) is 4.79 Å². The lowest BCUT2D eigenvalue weighted by molar-refractivity contribution is -0.124. The fraction of sp³-hybridized carbons (Fsp3) is 0.464. The van der Waals surface area contributed by atoms with Crippen molar-refractivity contribution in [2.24, 2.45) is 5.92 Å². The van der Waals surface area contributed by atoms with Crippen LogP contribution in [0.25, 0.3) is 5.70 Å². The first-order valence-electron chi connectivity index (χ1n) is 12.8. The summed E-state index contributed by atoms with van der Waals surface area (Å²) in [7, 11) is 2.07. The van der Waals surface area contributed by atoms with Crippen LogP contribution in [0.5, 0.6) is 11.5 Å². The predicted octanol–water partition coefficient (Wildman–Crippen LogP) is 3.08. The van der Waals surface area contributed by atoms with E-state index in [2.05, 4.69) is 58.3 Å². The third-order valence-corrected chi connectivity index (χ3v) is 7.43. The van der Waals surface area contributed by atoms with E-state index in [-0.39, 0.29) is 17.9 Å². The lowest BCUT2D eigenvalue weighted by Gasteiger charge is -2.37. The summed E-state index contributed by atoms with van der Waals surface area (Å²) < 4.78 is 11.6. The summed E-state index contributed by atoms with van der Waals surface area (Å²) in [6.07, 6.45) is 3.07. The molecule has 1 fully saturated rings. The van der Waals surface area contributed by atoms with E-state index in [4.69, 9.17) is 9.47 Å². The molecule has 7 heteroatoms. The van der Waals surface area contributed by atoms with Gasteiger partial charge in [0.05, 0.1) is 11.6 Å². The minimum absolute atomic E-state index is 0.121. The standard InChI is InChI=1S/C28H36N4O3/c1-21-23(20-25(30(21)2)22-8-4-3-5-9-22)28(33)29-12-7-13-31-14-16-32(17-15-31)24-10-6-11-26-27(24)35-19-18-34-26/h3-6,8-11,20-21,23H,7,12-19H2,1-2H3,(H,29,33). The van der Waals surface area contributed by atoms with Crippen molar-refractivity contribution in [3.8, 4) is 11.5 Å². The van der Waals surface area contributed by atoms with Crippen molar-refractivity contribution in [2.75, 3.05) is 64.4 Å². The quantitative estimate of drug-likeness (QED) is 0.620. The van der Waals surface area contributed by atoms with Gasteiger partial charge in [-0.05, 0) is 43.7 Å². The van der Waals surface area contributed by atoms with Gasteiger partial charge in [0.2, 0.25) is 5.91 Å². The number of anilines is 1. The van der Waals surface area contributed by atoms with Crippen LogP contribution >= 0.6 is 0 Å². The summed E-state index contributed by atoms with van der Waals surface area (Å²) in [6.45, 7) is 8.98. The van der Waals surface area contributed by atoms with Gasteiger partial charge in [-0.3, -0.25) is 9.69 Å². The molecule has 2 aromatic carbocycles. The number of amides is 1. The summed E-state index contributed by atoms with van der Waals surface area (Å²) in [5.74, 6) is 1.73. The maximum atomic E-state index is 12.9. The van der Waals surface area contributed by atoms with Crippen molar-refractivity contribution >= 4 is 17.3 Å². The lowest BCUT2D eigenvalue weighted by Crippen LogP contribution is -2.47. The van der Waals surface area contributed by atoms with Crippen LogP contribution in [0.4, 0.5) is 5.69 Å². The molecule has 0 aliphatic carbocycles. The average Bonchev–Trinajstić information content (AvgIpc) is 3.21. The molecule has 0 spiro atoms. The highest BCUT2D eigenvalue weighted by Gasteiger charge is 2.34. The zero-order valence-electron chi connectivity index (χ0n) is 20.8. The Morgan fingerprint density at radius 3 is 2.57 bits per heavy atom. The Hall–Kier alpha value is -3.19. The van der Waals surface area contributed by atoms with Crippen molar-refractivity contribution in [2.45, 2.75) is 19.4 Å². The SMILES string of the molecule is CC1C(C(=O)NCCCN2CCN(c3cccc4c3OCCO4)CC2)C=C(c2ccccc2)N1C. The molecular formula is C28H36N4O3. The molecule has 0 bridgehead atoms. The second kappa shape index (κ2) is 10.6. The first-order chi connectivity index (χ1) is 17.1. The van der Waals surface area contributed by atoms with Crippen LogP contribution in [0, 0.1) is 5.92 Å². The number of rotatable bonds is 7. The Bertz CT molecular complexity index is 1050. The highest BCUT2D eigenvalue weighted by molar-refractivity contribution is 5.85. The fourth-order valence-corrected chi connectivity index (χ4v) is 5.24. The number of hydrogen-bond acceptors (Lipinski definition) is 6. The van der Waals surface area contributed by atoms with Crippen LogP contribution in [0.1, 0.15) is 18.9 Å². The molecule has 0 aromatic heterocycles. The van der Waals surface area contributed by atoms with E-state index in [0.29, 0.717) is 19.8 Å². The number of piperazine rings is 1. The molecule has 1 amide bonds.